The topological polar surface area (TPSA) is 75.7 Å². The number of methoxy groups -OCH3 is 1. The van der Waals surface area contributed by atoms with Gasteiger partial charge < -0.3 is 10.1 Å². The molecule has 0 saturated carbocycles. The minimum absolute atomic E-state index is 0. The number of sulfonamides is 1. The molecule has 1 aliphatic heterocycles. The number of carbonyl (C=O) groups excluding carboxylic acids is 1. The van der Waals surface area contributed by atoms with E-state index in [2.05, 4.69) is 10.1 Å². The molecule has 1 aromatic rings. The third-order valence-electron chi connectivity index (χ3n) is 3.68. The number of esters is 1. The van der Waals surface area contributed by atoms with Crippen LogP contribution in [0.15, 0.2) is 24.3 Å². The first kappa shape index (κ1) is 18.9. The molecule has 124 valence electrons. The molecule has 1 fully saturated rings. The Morgan fingerprint density at radius 3 is 2.77 bits per heavy atom. The Kier molecular flexibility index (Phi) is 6.80. The first-order valence-electron chi connectivity index (χ1n) is 6.78. The van der Waals surface area contributed by atoms with E-state index in [9.17, 15) is 13.2 Å². The lowest BCUT2D eigenvalue weighted by molar-refractivity contribution is 0.0600. The van der Waals surface area contributed by atoms with Crippen LogP contribution in [0.2, 0.25) is 0 Å². The maximum absolute atomic E-state index is 12.4. The summed E-state index contributed by atoms with van der Waals surface area (Å²) in [5, 5.41) is 3.15. The molecule has 2 rings (SSSR count). The van der Waals surface area contributed by atoms with E-state index in [0.29, 0.717) is 17.7 Å². The lowest BCUT2D eigenvalue weighted by Crippen LogP contribution is -2.39. The number of benzene rings is 1. The van der Waals surface area contributed by atoms with Crippen molar-refractivity contribution >= 4 is 28.4 Å². The highest BCUT2D eigenvalue weighted by atomic mass is 35.5. The summed E-state index contributed by atoms with van der Waals surface area (Å²) in [4.78, 5) is 11.5. The zero-order chi connectivity index (χ0) is 15.5. The Bertz CT molecular complexity index is 615. The normalized spacial score (nSPS) is 18.0. The van der Waals surface area contributed by atoms with Gasteiger partial charge in [0.1, 0.15) is 0 Å². The van der Waals surface area contributed by atoms with Crippen molar-refractivity contribution in [3.63, 3.8) is 0 Å². The van der Waals surface area contributed by atoms with Gasteiger partial charge in [0, 0.05) is 19.6 Å². The number of hydrogen-bond donors (Lipinski definition) is 1. The lowest BCUT2D eigenvalue weighted by Gasteiger charge is -2.23. The first-order valence-corrected chi connectivity index (χ1v) is 8.38. The number of nitrogens with one attached hydrogen (secondary N) is 1. The summed E-state index contributed by atoms with van der Waals surface area (Å²) in [6, 6.07) is 6.52. The van der Waals surface area contributed by atoms with Crippen molar-refractivity contribution in [3.8, 4) is 0 Å². The van der Waals surface area contributed by atoms with E-state index in [1.54, 1.807) is 31.3 Å². The van der Waals surface area contributed by atoms with Crippen LogP contribution in [-0.2, 0) is 20.5 Å². The van der Waals surface area contributed by atoms with Gasteiger partial charge in [-0.15, -0.1) is 12.4 Å². The second-order valence-electron chi connectivity index (χ2n) is 5.11. The third kappa shape index (κ3) is 4.42. The summed E-state index contributed by atoms with van der Waals surface area (Å²) in [5.41, 5.74) is 0.936. The van der Waals surface area contributed by atoms with Gasteiger partial charge in [-0.05, 0) is 30.7 Å². The summed E-state index contributed by atoms with van der Waals surface area (Å²) in [7, 11) is -0.498. The Hall–Kier alpha value is -1.15. The Labute approximate surface area is 137 Å². The van der Waals surface area contributed by atoms with Crippen molar-refractivity contribution < 1.29 is 17.9 Å². The van der Waals surface area contributed by atoms with E-state index in [1.807, 2.05) is 0 Å². The highest BCUT2D eigenvalue weighted by molar-refractivity contribution is 7.88. The van der Waals surface area contributed by atoms with E-state index < -0.39 is 16.0 Å². The fourth-order valence-corrected chi connectivity index (χ4v) is 3.83. The molecule has 1 N–H and O–H groups in total. The summed E-state index contributed by atoms with van der Waals surface area (Å²) >= 11 is 0. The molecule has 0 spiro atoms. The van der Waals surface area contributed by atoms with Gasteiger partial charge in [0.2, 0.25) is 10.0 Å². The standard InChI is InChI=1S/C14H20N2O4S.ClH/c1-16(13-6-7-15-9-13)21(18,19)10-11-4-3-5-12(8-11)14(17)20-2;/h3-5,8,13,15H,6-7,9-10H2,1-2H3;1H. The molecule has 1 unspecified atom stereocenters. The molecule has 0 aromatic heterocycles. The average molecular weight is 349 g/mol. The van der Waals surface area contributed by atoms with Crippen LogP contribution in [0.3, 0.4) is 0 Å². The molecular formula is C14H21ClN2O4S. The largest absolute Gasteiger partial charge is 0.465 e. The van der Waals surface area contributed by atoms with E-state index in [0.717, 1.165) is 13.0 Å². The van der Waals surface area contributed by atoms with Crippen molar-refractivity contribution in [2.45, 2.75) is 18.2 Å². The fraction of sp³-hybridized carbons (Fsp3) is 0.500. The Morgan fingerprint density at radius 2 is 2.18 bits per heavy atom. The van der Waals surface area contributed by atoms with Gasteiger partial charge in [-0.1, -0.05) is 12.1 Å². The van der Waals surface area contributed by atoms with Crippen molar-refractivity contribution in [3.05, 3.63) is 35.4 Å². The molecule has 1 saturated heterocycles. The number of ether oxygens (including phenoxy) is 1. The Morgan fingerprint density at radius 1 is 1.45 bits per heavy atom. The molecule has 1 aliphatic rings. The van der Waals surface area contributed by atoms with Crippen LogP contribution in [-0.4, -0.2) is 52.0 Å². The SMILES string of the molecule is COC(=O)c1cccc(CS(=O)(=O)N(C)C2CCNC2)c1.Cl. The van der Waals surface area contributed by atoms with Gasteiger partial charge in [-0.2, -0.15) is 0 Å². The highest BCUT2D eigenvalue weighted by Crippen LogP contribution is 2.16. The van der Waals surface area contributed by atoms with Crippen molar-refractivity contribution in [2.75, 3.05) is 27.2 Å². The van der Waals surface area contributed by atoms with Crippen molar-refractivity contribution in [1.29, 1.82) is 0 Å². The van der Waals surface area contributed by atoms with E-state index in [-0.39, 0.29) is 24.2 Å². The number of nitrogens with zero attached hydrogens (tertiary/aromatic N) is 1. The minimum atomic E-state index is -3.40. The van der Waals surface area contributed by atoms with Crippen LogP contribution < -0.4 is 5.32 Å². The lowest BCUT2D eigenvalue weighted by atomic mass is 10.1. The molecule has 1 heterocycles. The quantitative estimate of drug-likeness (QED) is 0.804. The molecule has 0 amide bonds. The minimum Gasteiger partial charge on any atom is -0.465 e. The van der Waals surface area contributed by atoms with E-state index in [1.165, 1.54) is 11.4 Å². The highest BCUT2D eigenvalue weighted by Gasteiger charge is 2.28. The van der Waals surface area contributed by atoms with Crippen LogP contribution in [0.1, 0.15) is 22.3 Å². The predicted octanol–water partition coefficient (Wildman–Crippen LogP) is 1.02. The van der Waals surface area contributed by atoms with Crippen LogP contribution in [0.5, 0.6) is 0 Å². The van der Waals surface area contributed by atoms with E-state index in [4.69, 9.17) is 0 Å². The average Bonchev–Trinajstić information content (AvgIpc) is 2.99. The number of halogens is 1. The summed E-state index contributed by atoms with van der Waals surface area (Å²) in [6.45, 7) is 1.51. The number of carbonyl (C=O) groups is 1. The number of rotatable bonds is 5. The molecule has 1 aromatic carbocycles. The van der Waals surface area contributed by atoms with Crippen LogP contribution in [0.4, 0.5) is 0 Å². The number of likely N-dealkylation sites (N-methyl/N-ethyl adjacent to an activating group) is 1. The smallest absolute Gasteiger partial charge is 0.337 e. The number of hydrogen-bond acceptors (Lipinski definition) is 5. The molecule has 6 nitrogen and oxygen atoms in total. The molecule has 0 radical (unpaired) electrons. The summed E-state index contributed by atoms with van der Waals surface area (Å²) in [6.07, 6.45) is 0.817. The van der Waals surface area contributed by atoms with Crippen LogP contribution >= 0.6 is 12.4 Å². The van der Waals surface area contributed by atoms with Crippen LogP contribution in [0, 0.1) is 0 Å². The molecule has 0 aliphatic carbocycles. The second-order valence-corrected chi connectivity index (χ2v) is 7.14. The van der Waals surface area contributed by atoms with Gasteiger partial charge in [0.05, 0.1) is 18.4 Å². The maximum Gasteiger partial charge on any atom is 0.337 e. The summed E-state index contributed by atoms with van der Waals surface area (Å²) < 4.78 is 30.9. The second kappa shape index (κ2) is 7.92. The Balaban J connectivity index is 0.00000242. The maximum atomic E-state index is 12.4. The molecule has 0 bridgehead atoms. The van der Waals surface area contributed by atoms with Gasteiger partial charge in [-0.3, -0.25) is 0 Å². The van der Waals surface area contributed by atoms with Gasteiger partial charge in [0.25, 0.3) is 0 Å². The molecule has 22 heavy (non-hydrogen) atoms. The third-order valence-corrected chi connectivity index (χ3v) is 5.56. The van der Waals surface area contributed by atoms with Gasteiger partial charge in [-0.25, -0.2) is 17.5 Å². The van der Waals surface area contributed by atoms with Gasteiger partial charge >= 0.3 is 5.97 Å². The van der Waals surface area contributed by atoms with Gasteiger partial charge in [0.15, 0.2) is 0 Å². The van der Waals surface area contributed by atoms with E-state index >= 15 is 0 Å². The molecule has 1 atom stereocenters. The summed E-state index contributed by atoms with van der Waals surface area (Å²) in [5.74, 6) is -0.590. The van der Waals surface area contributed by atoms with Crippen LogP contribution in [0.25, 0.3) is 0 Å². The predicted molar refractivity (Wildman–Crippen MR) is 86.7 cm³/mol. The first-order chi connectivity index (χ1) is 9.94. The molecule has 8 heteroatoms. The zero-order valence-electron chi connectivity index (χ0n) is 12.6. The monoisotopic (exact) mass is 348 g/mol. The zero-order valence-corrected chi connectivity index (χ0v) is 14.2. The fourth-order valence-electron chi connectivity index (χ4n) is 2.40. The van der Waals surface area contributed by atoms with Crippen molar-refractivity contribution in [1.82, 2.24) is 9.62 Å². The van der Waals surface area contributed by atoms with Crippen molar-refractivity contribution in [2.24, 2.45) is 0 Å². The molecular weight excluding hydrogens is 328 g/mol.